The molecule has 4 aromatic rings. The maximum absolute atomic E-state index is 13.5. The summed E-state index contributed by atoms with van der Waals surface area (Å²) < 4.78 is 16.7. The first-order chi connectivity index (χ1) is 16.2. The van der Waals surface area contributed by atoms with E-state index in [9.17, 15) is 4.79 Å². The van der Waals surface area contributed by atoms with Crippen LogP contribution >= 0.6 is 0 Å². The van der Waals surface area contributed by atoms with Gasteiger partial charge in [0.05, 0.1) is 38.3 Å². The van der Waals surface area contributed by atoms with Gasteiger partial charge >= 0.3 is 0 Å². The molecule has 0 fully saturated rings. The van der Waals surface area contributed by atoms with Crippen LogP contribution < -0.4 is 9.47 Å². The van der Waals surface area contributed by atoms with Crippen LogP contribution in [0.1, 0.15) is 46.8 Å². The number of aromatic amines is 1. The average molecular weight is 444 g/mol. The molecule has 2 aromatic heterocycles. The number of carbonyl (C=O) groups is 1. The number of rotatable bonds is 8. The van der Waals surface area contributed by atoms with Crippen molar-refractivity contribution in [3.8, 4) is 22.8 Å². The van der Waals surface area contributed by atoms with Gasteiger partial charge in [-0.1, -0.05) is 19.1 Å². The van der Waals surface area contributed by atoms with Crippen LogP contribution in [0.25, 0.3) is 11.3 Å². The van der Waals surface area contributed by atoms with Gasteiger partial charge in [-0.15, -0.1) is 0 Å². The minimum atomic E-state index is -0.335. The van der Waals surface area contributed by atoms with Gasteiger partial charge in [-0.05, 0) is 60.5 Å². The Kier molecular flexibility index (Phi) is 5.60. The fourth-order valence-corrected chi connectivity index (χ4v) is 4.24. The van der Waals surface area contributed by atoms with Crippen molar-refractivity contribution in [1.29, 1.82) is 0 Å². The van der Waals surface area contributed by atoms with Gasteiger partial charge in [0, 0.05) is 11.1 Å². The summed E-state index contributed by atoms with van der Waals surface area (Å²) in [4.78, 5) is 15.3. The molecule has 33 heavy (non-hydrogen) atoms. The van der Waals surface area contributed by atoms with E-state index in [4.69, 9.17) is 13.9 Å². The highest BCUT2D eigenvalue weighted by molar-refractivity contribution is 6.00. The lowest BCUT2D eigenvalue weighted by Gasteiger charge is -2.26. The SMILES string of the molecule is CCCOc1cccc(C2c3c(-c4ccc(OC)cc4)n[nH]c3C(=O)N2Cc2ccco2)c1. The number of aromatic nitrogens is 2. The molecule has 1 N–H and O–H groups in total. The molecule has 7 nitrogen and oxygen atoms in total. The zero-order valence-corrected chi connectivity index (χ0v) is 18.6. The van der Waals surface area contributed by atoms with Crippen LogP contribution in [0.4, 0.5) is 0 Å². The van der Waals surface area contributed by atoms with Crippen LogP contribution in [0.5, 0.6) is 11.5 Å². The zero-order valence-electron chi connectivity index (χ0n) is 18.6. The molecule has 1 aliphatic heterocycles. The Bertz CT molecular complexity index is 1250. The number of H-pyrrole nitrogens is 1. The summed E-state index contributed by atoms with van der Waals surface area (Å²) in [7, 11) is 1.63. The Hall–Kier alpha value is -4.00. The van der Waals surface area contributed by atoms with Gasteiger partial charge in [-0.2, -0.15) is 5.10 Å². The van der Waals surface area contributed by atoms with Crippen molar-refractivity contribution >= 4 is 5.91 Å². The maximum Gasteiger partial charge on any atom is 0.273 e. The number of carbonyl (C=O) groups excluding carboxylic acids is 1. The number of benzene rings is 2. The molecule has 0 saturated carbocycles. The number of hydrogen-bond donors (Lipinski definition) is 1. The molecular weight excluding hydrogens is 418 g/mol. The van der Waals surface area contributed by atoms with E-state index in [1.54, 1.807) is 13.4 Å². The predicted octanol–water partition coefficient (Wildman–Crippen LogP) is 5.21. The van der Waals surface area contributed by atoms with Crippen LogP contribution in [0.2, 0.25) is 0 Å². The molecule has 1 amide bonds. The molecule has 0 saturated heterocycles. The van der Waals surface area contributed by atoms with E-state index in [-0.39, 0.29) is 11.9 Å². The summed E-state index contributed by atoms with van der Waals surface area (Å²) in [6, 6.07) is 19.0. The Balaban J connectivity index is 1.61. The summed E-state index contributed by atoms with van der Waals surface area (Å²) in [6.45, 7) is 3.06. The molecule has 1 atom stereocenters. The van der Waals surface area contributed by atoms with E-state index in [0.717, 1.165) is 46.1 Å². The standard InChI is InChI=1S/C26H25N3O4/c1-3-13-32-20-7-4-6-18(15-20)25-22-23(17-9-11-19(31-2)12-10-17)27-28-24(22)26(30)29(25)16-21-8-5-14-33-21/h4-12,14-15,25H,3,13,16H2,1-2H3,(H,27,28). The van der Waals surface area contributed by atoms with Crippen LogP contribution in [0.3, 0.4) is 0 Å². The number of amides is 1. The van der Waals surface area contributed by atoms with Crippen molar-refractivity contribution in [3.63, 3.8) is 0 Å². The highest BCUT2D eigenvalue weighted by Gasteiger charge is 2.42. The topological polar surface area (TPSA) is 80.6 Å². The lowest BCUT2D eigenvalue weighted by molar-refractivity contribution is 0.0716. The molecule has 3 heterocycles. The van der Waals surface area contributed by atoms with Gasteiger partial charge in [0.2, 0.25) is 0 Å². The first-order valence-corrected chi connectivity index (χ1v) is 11.0. The second kappa shape index (κ2) is 8.86. The number of nitrogens with one attached hydrogen (secondary N) is 1. The number of methoxy groups -OCH3 is 1. The van der Waals surface area contributed by atoms with E-state index < -0.39 is 0 Å². The highest BCUT2D eigenvalue weighted by Crippen LogP contribution is 2.44. The second-order valence-corrected chi connectivity index (χ2v) is 7.93. The van der Waals surface area contributed by atoms with E-state index in [1.807, 2.05) is 65.6 Å². The lowest BCUT2D eigenvalue weighted by Crippen LogP contribution is -2.29. The molecular formula is C26H25N3O4. The largest absolute Gasteiger partial charge is 0.497 e. The summed E-state index contributed by atoms with van der Waals surface area (Å²) >= 11 is 0. The minimum Gasteiger partial charge on any atom is -0.497 e. The molecule has 168 valence electrons. The molecule has 1 aliphatic rings. The third-order valence-electron chi connectivity index (χ3n) is 5.78. The van der Waals surface area contributed by atoms with Crippen LogP contribution in [-0.4, -0.2) is 34.7 Å². The van der Waals surface area contributed by atoms with Gasteiger partial charge in [-0.25, -0.2) is 0 Å². The van der Waals surface area contributed by atoms with Crippen LogP contribution in [0.15, 0.2) is 71.3 Å². The Labute approximate surface area is 191 Å². The first-order valence-electron chi connectivity index (χ1n) is 11.0. The highest BCUT2D eigenvalue weighted by atomic mass is 16.5. The molecule has 2 aromatic carbocycles. The van der Waals surface area contributed by atoms with Crippen molar-refractivity contribution in [3.05, 3.63) is 89.5 Å². The van der Waals surface area contributed by atoms with Crippen LogP contribution in [-0.2, 0) is 6.54 Å². The van der Waals surface area contributed by atoms with Crippen LogP contribution in [0, 0.1) is 0 Å². The molecule has 0 radical (unpaired) electrons. The fraction of sp³-hybridized carbons (Fsp3) is 0.231. The van der Waals surface area contributed by atoms with E-state index in [0.29, 0.717) is 18.8 Å². The van der Waals surface area contributed by atoms with E-state index in [1.165, 1.54) is 0 Å². The Morgan fingerprint density at radius 3 is 2.67 bits per heavy atom. The molecule has 0 aliphatic carbocycles. The van der Waals surface area contributed by atoms with Crippen molar-refractivity contribution < 1.29 is 18.7 Å². The number of nitrogens with zero attached hydrogens (tertiary/aromatic N) is 2. The van der Waals surface area contributed by atoms with Gasteiger partial charge in [0.25, 0.3) is 5.91 Å². The number of fused-ring (bicyclic) bond motifs is 1. The number of hydrogen-bond acceptors (Lipinski definition) is 5. The van der Waals surface area contributed by atoms with Crippen molar-refractivity contribution in [2.75, 3.05) is 13.7 Å². The molecule has 0 spiro atoms. The smallest absolute Gasteiger partial charge is 0.273 e. The van der Waals surface area contributed by atoms with Gasteiger partial charge < -0.3 is 18.8 Å². The summed E-state index contributed by atoms with van der Waals surface area (Å²) in [5.74, 6) is 2.15. The minimum absolute atomic E-state index is 0.112. The monoisotopic (exact) mass is 443 g/mol. The van der Waals surface area contributed by atoms with Gasteiger partial charge in [0.15, 0.2) is 0 Å². The third kappa shape index (κ3) is 3.86. The average Bonchev–Trinajstić information content (AvgIpc) is 3.57. The van der Waals surface area contributed by atoms with Gasteiger partial charge in [-0.3, -0.25) is 9.89 Å². The molecule has 0 bridgehead atoms. The summed E-state index contributed by atoms with van der Waals surface area (Å²) in [5, 5.41) is 7.51. The fourth-order valence-electron chi connectivity index (χ4n) is 4.24. The van der Waals surface area contributed by atoms with Crippen molar-refractivity contribution in [1.82, 2.24) is 15.1 Å². The normalized spacial score (nSPS) is 15.0. The van der Waals surface area contributed by atoms with Crippen molar-refractivity contribution in [2.45, 2.75) is 25.9 Å². The predicted molar refractivity (Wildman–Crippen MR) is 123 cm³/mol. The third-order valence-corrected chi connectivity index (χ3v) is 5.78. The molecule has 5 rings (SSSR count). The molecule has 7 heteroatoms. The van der Waals surface area contributed by atoms with E-state index >= 15 is 0 Å². The Morgan fingerprint density at radius 1 is 1.09 bits per heavy atom. The Morgan fingerprint density at radius 2 is 1.94 bits per heavy atom. The zero-order chi connectivity index (χ0) is 22.8. The lowest BCUT2D eigenvalue weighted by atomic mass is 9.96. The van der Waals surface area contributed by atoms with E-state index in [2.05, 4.69) is 17.1 Å². The molecule has 1 unspecified atom stereocenters. The van der Waals surface area contributed by atoms with Crippen molar-refractivity contribution in [2.24, 2.45) is 0 Å². The first kappa shape index (κ1) is 20.9. The maximum atomic E-state index is 13.5. The second-order valence-electron chi connectivity index (χ2n) is 7.93. The number of furan rings is 1. The number of ether oxygens (including phenoxy) is 2. The summed E-state index contributed by atoms with van der Waals surface area (Å²) in [5.41, 5.74) is 3.96. The summed E-state index contributed by atoms with van der Waals surface area (Å²) in [6.07, 6.45) is 2.54. The quantitative estimate of drug-likeness (QED) is 0.404. The van der Waals surface area contributed by atoms with Gasteiger partial charge in [0.1, 0.15) is 23.0 Å².